The Balaban J connectivity index is 2.33. The first-order chi connectivity index (χ1) is 8.53. The summed E-state index contributed by atoms with van der Waals surface area (Å²) in [6.07, 6.45) is 0.629. The van der Waals surface area contributed by atoms with Crippen LogP contribution in [0.25, 0.3) is 0 Å². The molecule has 4 nitrogen and oxygen atoms in total. The Morgan fingerprint density at radius 2 is 1.83 bits per heavy atom. The Morgan fingerprint density at radius 3 is 2.44 bits per heavy atom. The van der Waals surface area contributed by atoms with Crippen LogP contribution in [0.3, 0.4) is 0 Å². The van der Waals surface area contributed by atoms with Crippen LogP contribution in [0.5, 0.6) is 0 Å². The van der Waals surface area contributed by atoms with Gasteiger partial charge in [-0.15, -0.1) is 11.3 Å². The molecule has 1 N–H and O–H groups in total. The number of sulfonamides is 1. The number of thiophene rings is 1. The lowest BCUT2D eigenvalue weighted by Gasteiger charge is -2.07. The molecule has 0 saturated carbocycles. The van der Waals surface area contributed by atoms with E-state index in [9.17, 15) is 13.2 Å². The van der Waals surface area contributed by atoms with Crippen molar-refractivity contribution in [1.82, 2.24) is 0 Å². The second-order valence-corrected chi connectivity index (χ2v) is 6.92. The van der Waals surface area contributed by atoms with Crippen molar-refractivity contribution in [2.24, 2.45) is 0 Å². The molecule has 0 atom stereocenters. The van der Waals surface area contributed by atoms with Crippen molar-refractivity contribution < 1.29 is 13.2 Å². The lowest BCUT2D eigenvalue weighted by atomic mass is 10.4. The molecule has 0 aliphatic rings. The van der Waals surface area contributed by atoms with Gasteiger partial charge in [-0.3, -0.25) is 9.52 Å². The predicted octanol–water partition coefficient (Wildman–Crippen LogP) is 3.12. The highest BCUT2D eigenvalue weighted by Gasteiger charge is 2.16. The smallest absolute Gasteiger partial charge is 0.261 e. The minimum absolute atomic E-state index is 0.147. The van der Waals surface area contributed by atoms with Crippen molar-refractivity contribution in [1.29, 1.82) is 0 Å². The number of anilines is 1. The van der Waals surface area contributed by atoms with E-state index in [0.717, 1.165) is 4.47 Å². The van der Waals surface area contributed by atoms with Crippen molar-refractivity contribution in [3.8, 4) is 0 Å². The van der Waals surface area contributed by atoms with Gasteiger partial charge in [0.05, 0.1) is 15.5 Å². The molecule has 0 unspecified atom stereocenters. The molecule has 94 valence electrons. The number of halogens is 1. The average molecular weight is 346 g/mol. The highest BCUT2D eigenvalue weighted by molar-refractivity contribution is 9.10. The Labute approximate surface area is 117 Å². The lowest BCUT2D eigenvalue weighted by Crippen LogP contribution is -2.13. The van der Waals surface area contributed by atoms with Crippen LogP contribution in [-0.2, 0) is 10.0 Å². The molecule has 0 amide bonds. The number of carbonyl (C=O) groups excluding carboxylic acids is 1. The van der Waals surface area contributed by atoms with Crippen LogP contribution in [0.15, 0.2) is 45.1 Å². The first-order valence-electron chi connectivity index (χ1n) is 4.84. The third-order valence-electron chi connectivity index (χ3n) is 2.17. The van der Waals surface area contributed by atoms with Crippen molar-refractivity contribution in [2.45, 2.75) is 4.90 Å². The summed E-state index contributed by atoms with van der Waals surface area (Å²) in [4.78, 5) is 11.2. The number of rotatable bonds is 4. The van der Waals surface area contributed by atoms with E-state index in [2.05, 4.69) is 20.7 Å². The molecule has 0 saturated heterocycles. The second kappa shape index (κ2) is 5.21. The molecule has 0 radical (unpaired) electrons. The van der Waals surface area contributed by atoms with Crippen LogP contribution in [0.1, 0.15) is 9.67 Å². The van der Waals surface area contributed by atoms with Gasteiger partial charge < -0.3 is 0 Å². The summed E-state index contributed by atoms with van der Waals surface area (Å²) in [6.45, 7) is 0. The number of hydrogen-bond donors (Lipinski definition) is 1. The molecule has 0 fully saturated rings. The van der Waals surface area contributed by atoms with Crippen molar-refractivity contribution in [3.63, 3.8) is 0 Å². The lowest BCUT2D eigenvalue weighted by molar-refractivity contribution is 0.112. The Kier molecular flexibility index (Phi) is 3.84. The van der Waals surface area contributed by atoms with Gasteiger partial charge in [0.2, 0.25) is 0 Å². The zero-order chi connectivity index (χ0) is 13.2. The van der Waals surface area contributed by atoms with Crippen LogP contribution < -0.4 is 4.72 Å². The van der Waals surface area contributed by atoms with Crippen molar-refractivity contribution >= 4 is 49.3 Å². The first kappa shape index (κ1) is 13.3. The Hall–Kier alpha value is -1.18. The van der Waals surface area contributed by atoms with E-state index < -0.39 is 10.0 Å². The van der Waals surface area contributed by atoms with Gasteiger partial charge in [0, 0.05) is 4.47 Å². The van der Waals surface area contributed by atoms with Gasteiger partial charge in [0.25, 0.3) is 10.0 Å². The highest BCUT2D eigenvalue weighted by atomic mass is 79.9. The van der Waals surface area contributed by atoms with Gasteiger partial charge in [-0.1, -0.05) is 15.9 Å². The molecular weight excluding hydrogens is 338 g/mol. The number of hydrogen-bond acceptors (Lipinski definition) is 4. The maximum absolute atomic E-state index is 12.0. The molecule has 7 heteroatoms. The third kappa shape index (κ3) is 2.80. The maximum Gasteiger partial charge on any atom is 0.261 e. The molecule has 1 aromatic heterocycles. The largest absolute Gasteiger partial charge is 0.297 e. The fourth-order valence-electron chi connectivity index (χ4n) is 1.31. The molecule has 0 aliphatic heterocycles. The molecule has 2 aromatic rings. The minimum Gasteiger partial charge on any atom is -0.297 e. The highest BCUT2D eigenvalue weighted by Crippen LogP contribution is 2.24. The average Bonchev–Trinajstić information content (AvgIpc) is 2.76. The van der Waals surface area contributed by atoms with Gasteiger partial charge in [0.1, 0.15) is 0 Å². The topological polar surface area (TPSA) is 63.2 Å². The first-order valence-corrected chi connectivity index (χ1v) is 7.99. The standard InChI is InChI=1S/C11H8BrNO3S2/c12-8-1-3-9(4-2-8)18(15,16)13-10-5-6-17-11(10)7-14/h1-7,13H. The Bertz CT molecular complexity index is 662. The van der Waals surface area contributed by atoms with Crippen LogP contribution in [0, 0.1) is 0 Å². The maximum atomic E-state index is 12.0. The fourth-order valence-corrected chi connectivity index (χ4v) is 3.38. The Morgan fingerprint density at radius 1 is 1.17 bits per heavy atom. The number of nitrogens with one attached hydrogen (secondary N) is 1. The SMILES string of the molecule is O=Cc1sccc1NS(=O)(=O)c1ccc(Br)cc1. The monoisotopic (exact) mass is 345 g/mol. The summed E-state index contributed by atoms with van der Waals surface area (Å²) >= 11 is 4.42. The van der Waals surface area contributed by atoms with E-state index in [4.69, 9.17) is 0 Å². The number of carbonyl (C=O) groups is 1. The summed E-state index contributed by atoms with van der Waals surface area (Å²) in [5.41, 5.74) is 0.304. The van der Waals surface area contributed by atoms with Crippen molar-refractivity contribution in [2.75, 3.05) is 4.72 Å². The number of benzene rings is 1. The van der Waals surface area contributed by atoms with Gasteiger partial charge in [-0.05, 0) is 35.7 Å². The van der Waals surface area contributed by atoms with Crippen LogP contribution >= 0.6 is 27.3 Å². The molecule has 0 bridgehead atoms. The number of aldehydes is 1. The molecule has 1 heterocycles. The van der Waals surface area contributed by atoms with Gasteiger partial charge in [-0.25, -0.2) is 8.42 Å². The quantitative estimate of drug-likeness (QED) is 0.865. The summed E-state index contributed by atoms with van der Waals surface area (Å²) in [5, 5.41) is 1.66. The van der Waals surface area contributed by atoms with E-state index in [0.29, 0.717) is 16.9 Å². The molecule has 0 spiro atoms. The van der Waals surface area contributed by atoms with Crippen LogP contribution in [0.2, 0.25) is 0 Å². The van der Waals surface area contributed by atoms with E-state index >= 15 is 0 Å². The van der Waals surface area contributed by atoms with Gasteiger partial charge in [-0.2, -0.15) is 0 Å². The van der Waals surface area contributed by atoms with E-state index in [-0.39, 0.29) is 4.90 Å². The van der Waals surface area contributed by atoms with Gasteiger partial charge in [0.15, 0.2) is 6.29 Å². The second-order valence-electron chi connectivity index (χ2n) is 3.38. The molecule has 18 heavy (non-hydrogen) atoms. The fraction of sp³-hybridized carbons (Fsp3) is 0. The molecular formula is C11H8BrNO3S2. The normalized spacial score (nSPS) is 11.2. The van der Waals surface area contributed by atoms with E-state index in [1.807, 2.05) is 0 Å². The summed E-state index contributed by atoms with van der Waals surface area (Å²) in [7, 11) is -3.66. The predicted molar refractivity (Wildman–Crippen MR) is 74.7 cm³/mol. The summed E-state index contributed by atoms with van der Waals surface area (Å²) in [5.74, 6) is 0. The molecule has 1 aromatic carbocycles. The van der Waals surface area contributed by atoms with Gasteiger partial charge >= 0.3 is 0 Å². The summed E-state index contributed by atoms with van der Waals surface area (Å²) < 4.78 is 27.3. The minimum atomic E-state index is -3.66. The molecule has 2 rings (SSSR count). The summed E-state index contributed by atoms with van der Waals surface area (Å²) in [6, 6.07) is 7.81. The third-order valence-corrected chi connectivity index (χ3v) is 4.92. The van der Waals surface area contributed by atoms with Crippen LogP contribution in [-0.4, -0.2) is 14.7 Å². The van der Waals surface area contributed by atoms with E-state index in [1.54, 1.807) is 23.6 Å². The van der Waals surface area contributed by atoms with Crippen molar-refractivity contribution in [3.05, 3.63) is 45.1 Å². The molecule has 0 aliphatic carbocycles. The zero-order valence-electron chi connectivity index (χ0n) is 8.96. The zero-order valence-corrected chi connectivity index (χ0v) is 12.2. The van der Waals surface area contributed by atoms with E-state index in [1.165, 1.54) is 23.5 Å². The van der Waals surface area contributed by atoms with Crippen LogP contribution in [0.4, 0.5) is 5.69 Å².